The van der Waals surface area contributed by atoms with Crippen LogP contribution in [0, 0.1) is 5.92 Å². The number of aliphatic hydroxyl groups is 1. The third-order valence-electron chi connectivity index (χ3n) is 4.96. The van der Waals surface area contributed by atoms with Crippen LogP contribution in [0.2, 0.25) is 0 Å². The number of benzene rings is 2. The Labute approximate surface area is 145 Å². The van der Waals surface area contributed by atoms with Crippen LogP contribution in [0.25, 0.3) is 10.8 Å². The number of Topliss-reactive ketones (excluding diaryl/α,β-unsaturated/α-hetero) is 1. The fourth-order valence-electron chi connectivity index (χ4n) is 3.51. The summed E-state index contributed by atoms with van der Waals surface area (Å²) < 4.78 is 5.11. The third kappa shape index (κ3) is 3.21. The van der Waals surface area contributed by atoms with Gasteiger partial charge in [0.25, 0.3) is 5.89 Å². The SMILES string of the molecule is O=C(c1ncco1)C1CCN(C(O)c2ccc3ccccc3c2)CC1. The highest BCUT2D eigenvalue weighted by Gasteiger charge is 2.30. The van der Waals surface area contributed by atoms with E-state index in [0.717, 1.165) is 16.3 Å². The summed E-state index contributed by atoms with van der Waals surface area (Å²) in [6.07, 6.45) is 3.66. The van der Waals surface area contributed by atoms with Crippen molar-refractivity contribution in [1.29, 1.82) is 0 Å². The second-order valence-corrected chi connectivity index (χ2v) is 6.49. The van der Waals surface area contributed by atoms with Crippen molar-refractivity contribution in [3.8, 4) is 0 Å². The number of ketones is 1. The minimum atomic E-state index is -0.651. The summed E-state index contributed by atoms with van der Waals surface area (Å²) in [5, 5.41) is 13.0. The Kier molecular flexibility index (Phi) is 4.34. The molecular formula is C20H20N2O3. The van der Waals surface area contributed by atoms with E-state index >= 15 is 0 Å². The lowest BCUT2D eigenvalue weighted by Crippen LogP contribution is -2.38. The van der Waals surface area contributed by atoms with Gasteiger partial charge in [-0.15, -0.1) is 0 Å². The van der Waals surface area contributed by atoms with Gasteiger partial charge in [-0.2, -0.15) is 0 Å². The largest absolute Gasteiger partial charge is 0.442 e. The lowest BCUT2D eigenvalue weighted by Gasteiger charge is -2.34. The molecular weight excluding hydrogens is 316 g/mol. The van der Waals surface area contributed by atoms with Gasteiger partial charge < -0.3 is 9.52 Å². The fraction of sp³-hybridized carbons (Fsp3) is 0.300. The number of nitrogens with zero attached hydrogens (tertiary/aromatic N) is 2. The lowest BCUT2D eigenvalue weighted by atomic mass is 9.92. The number of likely N-dealkylation sites (tertiary alicyclic amines) is 1. The number of oxazole rings is 1. The number of aromatic nitrogens is 1. The first-order chi connectivity index (χ1) is 12.2. The van der Waals surface area contributed by atoms with Crippen molar-refractivity contribution in [2.24, 2.45) is 5.92 Å². The van der Waals surface area contributed by atoms with Crippen molar-refractivity contribution in [1.82, 2.24) is 9.88 Å². The van der Waals surface area contributed by atoms with Crippen LogP contribution in [-0.4, -0.2) is 33.9 Å². The van der Waals surface area contributed by atoms with Crippen molar-refractivity contribution in [2.45, 2.75) is 19.1 Å². The maximum atomic E-state index is 12.3. The number of hydrogen-bond acceptors (Lipinski definition) is 5. The molecule has 1 fully saturated rings. The van der Waals surface area contributed by atoms with Gasteiger partial charge in [-0.25, -0.2) is 4.98 Å². The van der Waals surface area contributed by atoms with Gasteiger partial charge in [0.15, 0.2) is 0 Å². The molecule has 2 heterocycles. The Balaban J connectivity index is 1.43. The van der Waals surface area contributed by atoms with Gasteiger partial charge >= 0.3 is 0 Å². The molecule has 1 N–H and O–H groups in total. The Morgan fingerprint density at radius 3 is 2.64 bits per heavy atom. The molecule has 4 rings (SSSR count). The number of hydrogen-bond donors (Lipinski definition) is 1. The number of carbonyl (C=O) groups excluding carboxylic acids is 1. The maximum absolute atomic E-state index is 12.3. The predicted octanol–water partition coefficient (Wildman–Crippen LogP) is 3.41. The smallest absolute Gasteiger partial charge is 0.263 e. The summed E-state index contributed by atoms with van der Waals surface area (Å²) in [5.74, 6) is 0.0667. The number of carbonyl (C=O) groups is 1. The summed E-state index contributed by atoms with van der Waals surface area (Å²) in [6.45, 7) is 1.34. The van der Waals surface area contributed by atoms with Crippen LogP contribution in [-0.2, 0) is 0 Å². The second-order valence-electron chi connectivity index (χ2n) is 6.49. The van der Waals surface area contributed by atoms with E-state index in [4.69, 9.17) is 4.42 Å². The summed E-state index contributed by atoms with van der Waals surface area (Å²) in [5.41, 5.74) is 0.885. The zero-order valence-electron chi connectivity index (χ0n) is 13.8. The second kappa shape index (κ2) is 6.78. The zero-order valence-corrected chi connectivity index (χ0v) is 13.8. The van der Waals surface area contributed by atoms with Crippen LogP contribution < -0.4 is 0 Å². The Morgan fingerprint density at radius 2 is 1.92 bits per heavy atom. The van der Waals surface area contributed by atoms with Crippen molar-refractivity contribution >= 4 is 16.6 Å². The molecule has 3 aromatic rings. The molecule has 1 aliphatic heterocycles. The fourth-order valence-corrected chi connectivity index (χ4v) is 3.51. The molecule has 0 aliphatic carbocycles. The van der Waals surface area contributed by atoms with E-state index in [1.165, 1.54) is 12.5 Å². The molecule has 128 valence electrons. The highest BCUT2D eigenvalue weighted by atomic mass is 16.3. The predicted molar refractivity (Wildman–Crippen MR) is 94.0 cm³/mol. The van der Waals surface area contributed by atoms with Crippen LogP contribution in [0.4, 0.5) is 0 Å². The summed E-state index contributed by atoms with van der Waals surface area (Å²) in [4.78, 5) is 18.3. The van der Waals surface area contributed by atoms with Crippen molar-refractivity contribution in [3.05, 3.63) is 66.4 Å². The average Bonchev–Trinajstić information content (AvgIpc) is 3.21. The van der Waals surface area contributed by atoms with Crippen molar-refractivity contribution in [3.63, 3.8) is 0 Å². The lowest BCUT2D eigenvalue weighted by molar-refractivity contribution is -0.0174. The average molecular weight is 336 g/mol. The molecule has 5 heteroatoms. The molecule has 0 amide bonds. The standard InChI is InChI=1S/C20H20N2O3/c23-18(19-21-9-12-25-19)15-7-10-22(11-8-15)20(24)17-6-5-14-3-1-2-4-16(14)13-17/h1-6,9,12-13,15,20,24H,7-8,10-11H2. The first-order valence-corrected chi connectivity index (χ1v) is 8.57. The van der Waals surface area contributed by atoms with Gasteiger partial charge in [-0.1, -0.05) is 36.4 Å². The molecule has 1 unspecified atom stereocenters. The molecule has 0 bridgehead atoms. The molecule has 5 nitrogen and oxygen atoms in total. The first kappa shape index (κ1) is 16.0. The highest BCUT2D eigenvalue weighted by Crippen LogP contribution is 2.28. The van der Waals surface area contributed by atoms with E-state index in [1.807, 2.05) is 41.3 Å². The monoisotopic (exact) mass is 336 g/mol. The minimum absolute atomic E-state index is 0.0372. The molecule has 2 aromatic carbocycles. The topological polar surface area (TPSA) is 66.6 Å². The van der Waals surface area contributed by atoms with Crippen LogP contribution in [0.1, 0.15) is 35.3 Å². The third-order valence-corrected chi connectivity index (χ3v) is 4.96. The number of fused-ring (bicyclic) bond motifs is 1. The van der Waals surface area contributed by atoms with Crippen LogP contribution in [0.15, 0.2) is 59.3 Å². The molecule has 1 aliphatic rings. The minimum Gasteiger partial charge on any atom is -0.442 e. The van der Waals surface area contributed by atoms with Crippen LogP contribution in [0.5, 0.6) is 0 Å². The Hall–Kier alpha value is -2.50. The van der Waals surface area contributed by atoms with Gasteiger partial charge in [0.2, 0.25) is 5.78 Å². The van der Waals surface area contributed by atoms with Crippen molar-refractivity contribution in [2.75, 3.05) is 13.1 Å². The summed E-state index contributed by atoms with van der Waals surface area (Å²) in [6, 6.07) is 14.2. The summed E-state index contributed by atoms with van der Waals surface area (Å²) >= 11 is 0. The van der Waals surface area contributed by atoms with E-state index in [1.54, 1.807) is 0 Å². The number of rotatable bonds is 4. The number of aliphatic hydroxyl groups excluding tert-OH is 1. The highest BCUT2D eigenvalue weighted by molar-refractivity contribution is 5.93. The zero-order chi connectivity index (χ0) is 17.2. The van der Waals surface area contributed by atoms with Gasteiger partial charge in [0, 0.05) is 19.0 Å². The molecule has 0 spiro atoms. The van der Waals surface area contributed by atoms with Crippen LogP contribution >= 0.6 is 0 Å². The Morgan fingerprint density at radius 1 is 1.16 bits per heavy atom. The quantitative estimate of drug-likeness (QED) is 0.740. The van der Waals surface area contributed by atoms with E-state index in [0.29, 0.717) is 25.9 Å². The van der Waals surface area contributed by atoms with Gasteiger partial charge in [0.1, 0.15) is 12.5 Å². The molecule has 1 saturated heterocycles. The van der Waals surface area contributed by atoms with E-state index in [2.05, 4.69) is 11.1 Å². The van der Waals surface area contributed by atoms with E-state index in [9.17, 15) is 9.90 Å². The molecule has 0 saturated carbocycles. The van der Waals surface area contributed by atoms with Crippen molar-refractivity contribution < 1.29 is 14.3 Å². The normalized spacial score (nSPS) is 17.6. The summed E-state index contributed by atoms with van der Waals surface area (Å²) in [7, 11) is 0. The number of piperidine rings is 1. The Bertz CT molecular complexity index is 868. The maximum Gasteiger partial charge on any atom is 0.263 e. The van der Waals surface area contributed by atoms with Gasteiger partial charge in [0.05, 0.1) is 6.20 Å². The van der Waals surface area contributed by atoms with Crippen LogP contribution in [0.3, 0.4) is 0 Å². The van der Waals surface area contributed by atoms with E-state index in [-0.39, 0.29) is 17.6 Å². The molecule has 0 radical (unpaired) electrons. The van der Waals surface area contributed by atoms with Gasteiger partial charge in [-0.05, 0) is 35.2 Å². The molecule has 1 atom stereocenters. The van der Waals surface area contributed by atoms with E-state index < -0.39 is 6.23 Å². The first-order valence-electron chi connectivity index (χ1n) is 8.57. The molecule has 25 heavy (non-hydrogen) atoms. The van der Waals surface area contributed by atoms with Gasteiger partial charge in [-0.3, -0.25) is 9.69 Å². The molecule has 1 aromatic heterocycles.